The third-order valence-corrected chi connectivity index (χ3v) is 2.26. The zero-order valence-corrected chi connectivity index (χ0v) is 7.06. The molecule has 1 rings (SSSR count). The summed E-state index contributed by atoms with van der Waals surface area (Å²) in [6, 6.07) is 0. The molecule has 58 valence electrons. The second-order valence-electron chi connectivity index (χ2n) is 3.10. The molecule has 1 heteroatoms. The van der Waals surface area contributed by atoms with Crippen LogP contribution in [0.3, 0.4) is 0 Å². The van der Waals surface area contributed by atoms with Crippen molar-refractivity contribution in [3.63, 3.8) is 0 Å². The summed E-state index contributed by atoms with van der Waals surface area (Å²) in [5.41, 5.74) is 1.64. The fraction of sp³-hybridized carbons (Fsp3) is 0.778. The zero-order valence-electron chi connectivity index (χ0n) is 7.06. The van der Waals surface area contributed by atoms with Gasteiger partial charge in [0.15, 0.2) is 0 Å². The van der Waals surface area contributed by atoms with E-state index in [-0.39, 0.29) is 0 Å². The summed E-state index contributed by atoms with van der Waals surface area (Å²) < 4.78 is 0. The number of rotatable bonds is 0. The van der Waals surface area contributed by atoms with Gasteiger partial charge in [0.2, 0.25) is 0 Å². The van der Waals surface area contributed by atoms with Crippen molar-refractivity contribution in [3.8, 4) is 0 Å². The summed E-state index contributed by atoms with van der Waals surface area (Å²) in [4.78, 5) is 2.41. The van der Waals surface area contributed by atoms with Crippen LogP contribution in [0.2, 0.25) is 0 Å². The van der Waals surface area contributed by atoms with Crippen LogP contribution in [0.15, 0.2) is 11.6 Å². The molecule has 1 fully saturated rings. The molecule has 1 saturated heterocycles. The number of hydrogen-bond acceptors (Lipinski definition) is 1. The Balaban J connectivity index is 2.41. The molecule has 0 bridgehead atoms. The molecule has 10 heavy (non-hydrogen) atoms. The zero-order chi connectivity index (χ0) is 7.40. The number of nitrogens with zero attached hydrogens (tertiary/aromatic N) is 1. The van der Waals surface area contributed by atoms with E-state index in [2.05, 4.69) is 24.9 Å². The van der Waals surface area contributed by atoms with Crippen LogP contribution in [0.25, 0.3) is 0 Å². The lowest BCUT2D eigenvalue weighted by molar-refractivity contribution is 0.351. The Morgan fingerprint density at radius 3 is 2.80 bits per heavy atom. The first-order valence-electron chi connectivity index (χ1n) is 4.15. The molecule has 0 aromatic rings. The quantitative estimate of drug-likeness (QED) is 0.464. The molecule has 1 nitrogen and oxygen atoms in total. The largest absolute Gasteiger partial charge is 0.306 e. The minimum Gasteiger partial charge on any atom is -0.306 e. The van der Waals surface area contributed by atoms with E-state index in [0.29, 0.717) is 0 Å². The van der Waals surface area contributed by atoms with Gasteiger partial charge in [-0.15, -0.1) is 0 Å². The van der Waals surface area contributed by atoms with E-state index in [9.17, 15) is 0 Å². The van der Waals surface area contributed by atoms with Gasteiger partial charge in [-0.05, 0) is 39.8 Å². The third-order valence-electron chi connectivity index (χ3n) is 2.26. The Hall–Kier alpha value is -0.300. The fourth-order valence-corrected chi connectivity index (χ4v) is 1.44. The number of hydrogen-bond donors (Lipinski definition) is 0. The van der Waals surface area contributed by atoms with Crippen molar-refractivity contribution < 1.29 is 0 Å². The molecule has 0 aromatic heterocycles. The third kappa shape index (κ3) is 2.14. The van der Waals surface area contributed by atoms with Gasteiger partial charge >= 0.3 is 0 Å². The van der Waals surface area contributed by atoms with E-state index in [1.165, 1.54) is 32.4 Å². The number of allylic oxidation sites excluding steroid dienone is 1. The van der Waals surface area contributed by atoms with Gasteiger partial charge < -0.3 is 4.90 Å². The first kappa shape index (κ1) is 7.80. The van der Waals surface area contributed by atoms with E-state index in [1.807, 2.05) is 0 Å². The predicted molar refractivity (Wildman–Crippen MR) is 45.1 cm³/mol. The highest BCUT2D eigenvalue weighted by molar-refractivity contribution is 5.01. The van der Waals surface area contributed by atoms with E-state index >= 15 is 0 Å². The minimum absolute atomic E-state index is 1.25. The van der Waals surface area contributed by atoms with Crippen molar-refractivity contribution >= 4 is 0 Å². The van der Waals surface area contributed by atoms with Gasteiger partial charge in [0, 0.05) is 6.54 Å². The summed E-state index contributed by atoms with van der Waals surface area (Å²) in [6.45, 7) is 4.68. The smallest absolute Gasteiger partial charge is 0.00155 e. The van der Waals surface area contributed by atoms with Gasteiger partial charge in [0.1, 0.15) is 0 Å². The minimum atomic E-state index is 1.25. The van der Waals surface area contributed by atoms with Crippen LogP contribution in [0, 0.1) is 0 Å². The highest BCUT2D eigenvalue weighted by Crippen LogP contribution is 2.14. The van der Waals surface area contributed by atoms with Crippen LogP contribution in [-0.2, 0) is 0 Å². The van der Waals surface area contributed by atoms with Gasteiger partial charge in [0.25, 0.3) is 0 Å². The summed E-state index contributed by atoms with van der Waals surface area (Å²) in [5, 5.41) is 0. The maximum Gasteiger partial charge on any atom is 0.00155 e. The molecule has 1 aliphatic rings. The summed E-state index contributed by atoms with van der Waals surface area (Å²) >= 11 is 0. The van der Waals surface area contributed by atoms with Crippen LogP contribution in [0.5, 0.6) is 0 Å². The Morgan fingerprint density at radius 1 is 1.30 bits per heavy atom. The van der Waals surface area contributed by atoms with E-state index in [0.717, 1.165) is 0 Å². The van der Waals surface area contributed by atoms with Crippen LogP contribution in [-0.4, -0.2) is 25.0 Å². The topological polar surface area (TPSA) is 3.24 Å². The van der Waals surface area contributed by atoms with Crippen LogP contribution in [0.4, 0.5) is 0 Å². The lowest BCUT2D eigenvalue weighted by atomic mass is 10.1. The average molecular weight is 139 g/mol. The molecule has 1 heterocycles. The molecule has 1 aliphatic heterocycles. The molecule has 0 amide bonds. The molecular formula is C9H17N. The Labute approximate surface area is 63.7 Å². The average Bonchev–Trinajstić information content (AvgIpc) is 2.14. The van der Waals surface area contributed by atoms with Crippen molar-refractivity contribution in [3.05, 3.63) is 11.6 Å². The Bertz CT molecular complexity index is 127. The Morgan fingerprint density at radius 2 is 2.10 bits per heavy atom. The van der Waals surface area contributed by atoms with Crippen LogP contribution in [0.1, 0.15) is 26.2 Å². The highest BCUT2D eigenvalue weighted by atomic mass is 15.1. The second-order valence-corrected chi connectivity index (χ2v) is 3.10. The normalized spacial score (nSPS) is 26.8. The molecule has 0 spiro atoms. The molecular weight excluding hydrogens is 122 g/mol. The lowest BCUT2D eigenvalue weighted by Crippen LogP contribution is -2.18. The fourth-order valence-electron chi connectivity index (χ4n) is 1.44. The maximum absolute atomic E-state index is 2.41. The van der Waals surface area contributed by atoms with E-state index in [1.54, 1.807) is 5.57 Å². The Kier molecular flexibility index (Phi) is 2.94. The summed E-state index contributed by atoms with van der Waals surface area (Å²) in [5.74, 6) is 0. The summed E-state index contributed by atoms with van der Waals surface area (Å²) in [7, 11) is 2.21. The van der Waals surface area contributed by atoms with Crippen molar-refractivity contribution in [2.75, 3.05) is 20.1 Å². The molecule has 0 radical (unpaired) electrons. The molecule has 0 aromatic carbocycles. The highest BCUT2D eigenvalue weighted by Gasteiger charge is 2.06. The van der Waals surface area contributed by atoms with Gasteiger partial charge in [-0.1, -0.05) is 11.6 Å². The van der Waals surface area contributed by atoms with Crippen LogP contribution < -0.4 is 0 Å². The standard InChI is InChI=1S/C9H17N/c1-3-9-5-4-7-10(2)8-6-9/h3H,4-8H2,1-2H3. The SMILES string of the molecule is CC=C1CCCN(C)CC1. The van der Waals surface area contributed by atoms with Crippen molar-refractivity contribution in [2.24, 2.45) is 0 Å². The predicted octanol–water partition coefficient (Wildman–Crippen LogP) is 2.05. The van der Waals surface area contributed by atoms with Gasteiger partial charge in [-0.2, -0.15) is 0 Å². The molecule has 0 aliphatic carbocycles. The monoisotopic (exact) mass is 139 g/mol. The maximum atomic E-state index is 2.41. The van der Waals surface area contributed by atoms with Crippen molar-refractivity contribution in [1.82, 2.24) is 4.90 Å². The van der Waals surface area contributed by atoms with E-state index in [4.69, 9.17) is 0 Å². The lowest BCUT2D eigenvalue weighted by Gasteiger charge is -2.10. The molecule has 0 unspecified atom stereocenters. The molecule has 0 N–H and O–H groups in total. The summed E-state index contributed by atoms with van der Waals surface area (Å²) in [6.07, 6.45) is 6.23. The van der Waals surface area contributed by atoms with Gasteiger partial charge in [-0.3, -0.25) is 0 Å². The molecule has 0 saturated carbocycles. The first-order chi connectivity index (χ1) is 4.83. The van der Waals surface area contributed by atoms with Crippen molar-refractivity contribution in [1.29, 1.82) is 0 Å². The van der Waals surface area contributed by atoms with Gasteiger partial charge in [0.05, 0.1) is 0 Å². The second kappa shape index (κ2) is 3.77. The van der Waals surface area contributed by atoms with Gasteiger partial charge in [-0.25, -0.2) is 0 Å². The number of likely N-dealkylation sites (tertiary alicyclic amines) is 1. The van der Waals surface area contributed by atoms with Crippen molar-refractivity contribution in [2.45, 2.75) is 26.2 Å². The van der Waals surface area contributed by atoms with E-state index < -0.39 is 0 Å². The first-order valence-corrected chi connectivity index (χ1v) is 4.15. The molecule has 0 atom stereocenters. The van der Waals surface area contributed by atoms with Crippen LogP contribution >= 0.6 is 0 Å².